The highest BCUT2D eigenvalue weighted by Crippen LogP contribution is 2.30. The van der Waals surface area contributed by atoms with E-state index in [-0.39, 0.29) is 5.91 Å². The number of amides is 1. The Hall–Kier alpha value is -3.10. The smallest absolute Gasteiger partial charge is 0.259 e. The Balaban J connectivity index is 1.98. The van der Waals surface area contributed by atoms with E-state index in [1.807, 2.05) is 24.3 Å². The number of hydrogen-bond acceptors (Lipinski definition) is 3. The van der Waals surface area contributed by atoms with Crippen molar-refractivity contribution in [2.45, 2.75) is 6.92 Å². The van der Waals surface area contributed by atoms with Crippen LogP contribution in [0.4, 0.5) is 5.69 Å². The molecule has 5 nitrogen and oxygen atoms in total. The largest absolute Gasteiger partial charge is 0.322 e. The monoisotopic (exact) mass is 336 g/mol. The van der Waals surface area contributed by atoms with Crippen LogP contribution in [0, 0.1) is 18.3 Å². The van der Waals surface area contributed by atoms with Crippen molar-refractivity contribution < 1.29 is 4.79 Å². The van der Waals surface area contributed by atoms with Crippen molar-refractivity contribution in [1.29, 1.82) is 5.26 Å². The molecule has 0 aliphatic heterocycles. The maximum absolute atomic E-state index is 12.7. The van der Waals surface area contributed by atoms with Crippen LogP contribution in [0.2, 0.25) is 5.02 Å². The molecule has 0 radical (unpaired) electrons. The van der Waals surface area contributed by atoms with Gasteiger partial charge in [0.05, 0.1) is 28.6 Å². The van der Waals surface area contributed by atoms with Crippen LogP contribution in [-0.2, 0) is 0 Å². The van der Waals surface area contributed by atoms with Gasteiger partial charge in [-0.2, -0.15) is 10.4 Å². The highest BCUT2D eigenvalue weighted by Gasteiger charge is 2.20. The van der Waals surface area contributed by atoms with Gasteiger partial charge in [0.1, 0.15) is 0 Å². The summed E-state index contributed by atoms with van der Waals surface area (Å²) in [6, 6.07) is 16.0. The molecule has 6 heteroatoms. The Labute approximate surface area is 143 Å². The number of nitriles is 1. The number of H-pyrrole nitrogens is 1. The minimum atomic E-state index is -0.314. The number of nitrogens with one attached hydrogen (secondary N) is 2. The van der Waals surface area contributed by atoms with E-state index < -0.39 is 0 Å². The standard InChI is InChI=1S/C18H13ClN4O/c1-11-16(17(23-22-11)14-7-2-3-8-15(14)19)18(24)21-13-6-4-5-12(9-13)10-20/h2-9H,1H3,(H,21,24)(H,22,23). The van der Waals surface area contributed by atoms with Crippen LogP contribution >= 0.6 is 11.6 Å². The Morgan fingerprint density at radius 1 is 1.25 bits per heavy atom. The molecule has 2 aromatic carbocycles. The van der Waals surface area contributed by atoms with Gasteiger partial charge in [0.15, 0.2) is 0 Å². The van der Waals surface area contributed by atoms with Gasteiger partial charge >= 0.3 is 0 Å². The van der Waals surface area contributed by atoms with Crippen molar-refractivity contribution in [3.8, 4) is 17.3 Å². The van der Waals surface area contributed by atoms with Crippen LogP contribution < -0.4 is 5.32 Å². The summed E-state index contributed by atoms with van der Waals surface area (Å²) in [7, 11) is 0. The SMILES string of the molecule is Cc1n[nH]c(-c2ccccc2Cl)c1C(=O)Nc1cccc(C#N)c1. The summed E-state index contributed by atoms with van der Waals surface area (Å²) in [5, 5.41) is 19.3. The first-order chi connectivity index (χ1) is 11.6. The Bertz CT molecular complexity index is 956. The molecule has 1 aromatic heterocycles. The third-order valence-electron chi connectivity index (χ3n) is 3.57. The molecule has 0 saturated carbocycles. The van der Waals surface area contributed by atoms with Crippen molar-refractivity contribution in [2.24, 2.45) is 0 Å². The van der Waals surface area contributed by atoms with E-state index in [9.17, 15) is 4.79 Å². The molecule has 1 amide bonds. The first-order valence-electron chi connectivity index (χ1n) is 7.21. The second kappa shape index (κ2) is 6.57. The number of aryl methyl sites for hydroxylation is 1. The van der Waals surface area contributed by atoms with Gasteiger partial charge in [-0.3, -0.25) is 9.89 Å². The predicted molar refractivity (Wildman–Crippen MR) is 92.9 cm³/mol. The number of hydrogen-bond donors (Lipinski definition) is 2. The zero-order chi connectivity index (χ0) is 17.1. The van der Waals surface area contributed by atoms with Crippen LogP contribution in [0.15, 0.2) is 48.5 Å². The number of carbonyl (C=O) groups is 1. The Morgan fingerprint density at radius 2 is 2.04 bits per heavy atom. The molecule has 0 fully saturated rings. The third-order valence-corrected chi connectivity index (χ3v) is 3.90. The van der Waals surface area contributed by atoms with Crippen molar-refractivity contribution in [1.82, 2.24) is 10.2 Å². The average Bonchev–Trinajstić information content (AvgIpc) is 2.97. The van der Waals surface area contributed by atoms with E-state index >= 15 is 0 Å². The Kier molecular flexibility index (Phi) is 4.32. The molecule has 0 unspecified atom stereocenters. The maximum Gasteiger partial charge on any atom is 0.259 e. The van der Waals surface area contributed by atoms with Crippen molar-refractivity contribution >= 4 is 23.2 Å². The molecule has 24 heavy (non-hydrogen) atoms. The van der Waals surface area contributed by atoms with Gasteiger partial charge in [0.2, 0.25) is 0 Å². The summed E-state index contributed by atoms with van der Waals surface area (Å²) in [5.41, 5.74) is 3.28. The van der Waals surface area contributed by atoms with Gasteiger partial charge in [-0.05, 0) is 31.2 Å². The summed E-state index contributed by atoms with van der Waals surface area (Å²) in [4.78, 5) is 12.7. The molecule has 3 aromatic rings. The number of aromatic amines is 1. The number of halogens is 1. The van der Waals surface area contributed by atoms with Gasteiger partial charge in [0.25, 0.3) is 5.91 Å². The molecule has 0 saturated heterocycles. The first-order valence-corrected chi connectivity index (χ1v) is 7.59. The normalized spacial score (nSPS) is 10.2. The molecule has 0 atom stereocenters. The highest BCUT2D eigenvalue weighted by atomic mass is 35.5. The van der Waals surface area contributed by atoms with E-state index in [2.05, 4.69) is 15.5 Å². The number of carbonyl (C=O) groups excluding carboxylic acids is 1. The second-order valence-corrected chi connectivity index (χ2v) is 5.59. The highest BCUT2D eigenvalue weighted by molar-refractivity contribution is 6.33. The van der Waals surface area contributed by atoms with Crippen LogP contribution in [0.5, 0.6) is 0 Å². The van der Waals surface area contributed by atoms with Crippen molar-refractivity contribution in [2.75, 3.05) is 5.32 Å². The van der Waals surface area contributed by atoms with E-state index in [1.54, 1.807) is 37.3 Å². The van der Waals surface area contributed by atoms with Gasteiger partial charge in [-0.25, -0.2) is 0 Å². The fourth-order valence-corrected chi connectivity index (χ4v) is 2.66. The van der Waals surface area contributed by atoms with E-state index in [1.165, 1.54) is 0 Å². The maximum atomic E-state index is 12.7. The zero-order valence-electron chi connectivity index (χ0n) is 12.8. The van der Waals surface area contributed by atoms with Crippen molar-refractivity contribution in [3.63, 3.8) is 0 Å². The number of aromatic nitrogens is 2. The van der Waals surface area contributed by atoms with Crippen LogP contribution in [0.25, 0.3) is 11.3 Å². The second-order valence-electron chi connectivity index (χ2n) is 5.19. The van der Waals surface area contributed by atoms with Crippen LogP contribution in [0.1, 0.15) is 21.6 Å². The van der Waals surface area contributed by atoms with Crippen LogP contribution in [-0.4, -0.2) is 16.1 Å². The molecule has 1 heterocycles. The fraction of sp³-hybridized carbons (Fsp3) is 0.0556. The molecule has 0 aliphatic carbocycles. The summed E-state index contributed by atoms with van der Waals surface area (Å²) < 4.78 is 0. The molecule has 0 spiro atoms. The molecule has 2 N–H and O–H groups in total. The fourth-order valence-electron chi connectivity index (χ4n) is 2.43. The molecule has 0 bridgehead atoms. The Morgan fingerprint density at radius 3 is 2.79 bits per heavy atom. The summed E-state index contributed by atoms with van der Waals surface area (Å²) >= 11 is 6.23. The molecule has 118 valence electrons. The van der Waals surface area contributed by atoms with Gasteiger partial charge in [0, 0.05) is 16.3 Å². The number of benzene rings is 2. The van der Waals surface area contributed by atoms with Gasteiger partial charge in [-0.1, -0.05) is 35.9 Å². The predicted octanol–water partition coefficient (Wildman–Crippen LogP) is 4.16. The molecule has 0 aliphatic rings. The first kappa shape index (κ1) is 15.8. The van der Waals surface area contributed by atoms with E-state index in [0.29, 0.717) is 38.8 Å². The van der Waals surface area contributed by atoms with Crippen molar-refractivity contribution in [3.05, 3.63) is 70.4 Å². The lowest BCUT2D eigenvalue weighted by Crippen LogP contribution is -2.13. The lowest BCUT2D eigenvalue weighted by atomic mass is 10.1. The number of anilines is 1. The number of nitrogens with zero attached hydrogens (tertiary/aromatic N) is 2. The lowest BCUT2D eigenvalue weighted by molar-refractivity contribution is 0.102. The molecule has 3 rings (SSSR count). The zero-order valence-corrected chi connectivity index (χ0v) is 13.6. The summed E-state index contributed by atoms with van der Waals surface area (Å²) in [6.45, 7) is 1.75. The van der Waals surface area contributed by atoms with Gasteiger partial charge in [-0.15, -0.1) is 0 Å². The minimum absolute atomic E-state index is 0.314. The van der Waals surface area contributed by atoms with E-state index in [0.717, 1.165) is 0 Å². The molecular formula is C18H13ClN4O. The quantitative estimate of drug-likeness (QED) is 0.753. The summed E-state index contributed by atoms with van der Waals surface area (Å²) in [5.74, 6) is -0.314. The van der Waals surface area contributed by atoms with E-state index in [4.69, 9.17) is 16.9 Å². The van der Waals surface area contributed by atoms with Crippen LogP contribution in [0.3, 0.4) is 0 Å². The number of rotatable bonds is 3. The average molecular weight is 337 g/mol. The topological polar surface area (TPSA) is 81.6 Å². The lowest BCUT2D eigenvalue weighted by Gasteiger charge is -2.08. The molecular weight excluding hydrogens is 324 g/mol. The minimum Gasteiger partial charge on any atom is -0.322 e. The summed E-state index contributed by atoms with van der Waals surface area (Å²) in [6.07, 6.45) is 0. The third kappa shape index (κ3) is 3.00. The van der Waals surface area contributed by atoms with Gasteiger partial charge < -0.3 is 5.32 Å².